The molecule has 4 heteroatoms. The molecular formula is C20H25NO3. The van der Waals surface area contributed by atoms with Crippen molar-refractivity contribution in [1.29, 1.82) is 0 Å². The molecule has 0 saturated carbocycles. The average Bonchev–Trinajstić information content (AvgIpc) is 2.67. The number of hydrogen-bond acceptors (Lipinski definition) is 4. The summed E-state index contributed by atoms with van der Waals surface area (Å²) in [5, 5.41) is 22.6. The first-order valence-corrected chi connectivity index (χ1v) is 8.51. The first kappa shape index (κ1) is 17.0. The number of hydrogen-bond donors (Lipinski definition) is 3. The highest BCUT2D eigenvalue weighted by atomic mass is 16.5. The molecule has 128 valence electrons. The Balaban J connectivity index is 1.68. The molecule has 3 N–H and O–H groups in total. The maximum Gasteiger partial charge on any atom is 0.119 e. The van der Waals surface area contributed by atoms with Gasteiger partial charge in [-0.15, -0.1) is 0 Å². The van der Waals surface area contributed by atoms with Gasteiger partial charge in [-0.05, 0) is 29.2 Å². The standard InChI is InChI=1S/C20H25NO3/c22-12-17-10-21-11-18(13-23)20(17)16-6-8-19(9-7-16)24-14-15-4-2-1-3-5-15/h1-9,17-18,20-23H,10-14H2/t17-,18+,20?. The van der Waals surface area contributed by atoms with Crippen LogP contribution in [0.15, 0.2) is 54.6 Å². The van der Waals surface area contributed by atoms with Gasteiger partial charge in [0.25, 0.3) is 0 Å². The monoisotopic (exact) mass is 327 g/mol. The molecule has 0 spiro atoms. The second kappa shape index (κ2) is 8.29. The van der Waals surface area contributed by atoms with Crippen molar-refractivity contribution in [2.75, 3.05) is 26.3 Å². The molecule has 1 aliphatic heterocycles. The summed E-state index contributed by atoms with van der Waals surface area (Å²) in [5.74, 6) is 1.26. The quantitative estimate of drug-likeness (QED) is 0.761. The van der Waals surface area contributed by atoms with E-state index >= 15 is 0 Å². The van der Waals surface area contributed by atoms with Crippen LogP contribution in [0.1, 0.15) is 17.0 Å². The lowest BCUT2D eigenvalue weighted by molar-refractivity contribution is 0.107. The number of piperidine rings is 1. The summed E-state index contributed by atoms with van der Waals surface area (Å²) in [5.41, 5.74) is 2.29. The number of rotatable bonds is 6. The molecule has 0 aromatic heterocycles. The van der Waals surface area contributed by atoms with Gasteiger partial charge in [-0.2, -0.15) is 0 Å². The van der Waals surface area contributed by atoms with E-state index in [1.54, 1.807) is 0 Å². The molecule has 1 heterocycles. The fraction of sp³-hybridized carbons (Fsp3) is 0.400. The smallest absolute Gasteiger partial charge is 0.119 e. The van der Waals surface area contributed by atoms with Crippen LogP contribution in [-0.4, -0.2) is 36.5 Å². The summed E-state index contributed by atoms with van der Waals surface area (Å²) in [6.07, 6.45) is 0. The van der Waals surface area contributed by atoms with Crippen molar-refractivity contribution < 1.29 is 14.9 Å². The molecule has 1 saturated heterocycles. The predicted octanol–water partition coefficient (Wildman–Crippen LogP) is 2.17. The number of ether oxygens (including phenoxy) is 1. The van der Waals surface area contributed by atoms with Gasteiger partial charge in [0.05, 0.1) is 0 Å². The van der Waals surface area contributed by atoms with Gasteiger partial charge < -0.3 is 20.3 Å². The van der Waals surface area contributed by atoms with Crippen LogP contribution in [0.3, 0.4) is 0 Å². The van der Waals surface area contributed by atoms with Crippen molar-refractivity contribution in [3.05, 3.63) is 65.7 Å². The Morgan fingerprint density at radius 2 is 1.50 bits per heavy atom. The second-order valence-electron chi connectivity index (χ2n) is 6.41. The zero-order valence-electron chi connectivity index (χ0n) is 13.8. The Morgan fingerprint density at radius 3 is 2.08 bits per heavy atom. The molecular weight excluding hydrogens is 302 g/mol. The van der Waals surface area contributed by atoms with Gasteiger partial charge in [0.2, 0.25) is 0 Å². The summed E-state index contributed by atoms with van der Waals surface area (Å²) < 4.78 is 5.83. The predicted molar refractivity (Wildman–Crippen MR) is 94.0 cm³/mol. The number of benzene rings is 2. The lowest BCUT2D eigenvalue weighted by atomic mass is 9.75. The van der Waals surface area contributed by atoms with Crippen LogP contribution in [0, 0.1) is 11.8 Å². The molecule has 1 unspecified atom stereocenters. The number of aliphatic hydroxyl groups excluding tert-OH is 2. The van der Waals surface area contributed by atoms with Crippen LogP contribution < -0.4 is 10.1 Å². The van der Waals surface area contributed by atoms with Crippen LogP contribution in [0.2, 0.25) is 0 Å². The fourth-order valence-corrected chi connectivity index (χ4v) is 3.52. The Morgan fingerprint density at radius 1 is 0.875 bits per heavy atom. The minimum absolute atomic E-state index is 0.125. The van der Waals surface area contributed by atoms with Gasteiger partial charge in [0.1, 0.15) is 12.4 Å². The first-order chi connectivity index (χ1) is 11.8. The van der Waals surface area contributed by atoms with Gasteiger partial charge >= 0.3 is 0 Å². The molecule has 1 aliphatic rings. The number of nitrogens with one attached hydrogen (secondary N) is 1. The van der Waals surface area contributed by atoms with Crippen molar-refractivity contribution in [3.63, 3.8) is 0 Å². The van der Waals surface area contributed by atoms with Crippen LogP contribution in [0.25, 0.3) is 0 Å². The van der Waals surface area contributed by atoms with E-state index < -0.39 is 0 Å². The highest BCUT2D eigenvalue weighted by Gasteiger charge is 2.33. The average molecular weight is 327 g/mol. The van der Waals surface area contributed by atoms with Crippen LogP contribution in [-0.2, 0) is 6.61 Å². The van der Waals surface area contributed by atoms with Gasteiger partial charge in [-0.25, -0.2) is 0 Å². The first-order valence-electron chi connectivity index (χ1n) is 8.51. The third kappa shape index (κ3) is 3.96. The van der Waals surface area contributed by atoms with E-state index in [4.69, 9.17) is 4.74 Å². The molecule has 24 heavy (non-hydrogen) atoms. The Labute approximate surface area is 143 Å². The molecule has 4 nitrogen and oxygen atoms in total. The van der Waals surface area contributed by atoms with Gasteiger partial charge in [0, 0.05) is 38.1 Å². The highest BCUT2D eigenvalue weighted by Crippen LogP contribution is 2.35. The summed E-state index contributed by atoms with van der Waals surface area (Å²) >= 11 is 0. The highest BCUT2D eigenvalue weighted by molar-refractivity contribution is 5.31. The van der Waals surface area contributed by atoms with E-state index in [9.17, 15) is 10.2 Å². The van der Waals surface area contributed by atoms with Crippen molar-refractivity contribution in [2.45, 2.75) is 12.5 Å². The minimum atomic E-state index is 0.125. The summed E-state index contributed by atoms with van der Waals surface area (Å²) in [6, 6.07) is 18.1. The zero-order chi connectivity index (χ0) is 16.8. The van der Waals surface area contributed by atoms with Crippen LogP contribution in [0.5, 0.6) is 5.75 Å². The van der Waals surface area contributed by atoms with E-state index in [2.05, 4.69) is 17.4 Å². The molecule has 3 rings (SSSR count). The third-order valence-electron chi connectivity index (χ3n) is 4.81. The molecule has 0 radical (unpaired) electrons. The van der Waals surface area contributed by atoms with Crippen molar-refractivity contribution in [1.82, 2.24) is 5.32 Å². The van der Waals surface area contributed by atoms with E-state index in [1.807, 2.05) is 42.5 Å². The van der Waals surface area contributed by atoms with E-state index in [0.717, 1.165) is 30.0 Å². The molecule has 0 bridgehead atoms. The maximum atomic E-state index is 9.65. The third-order valence-corrected chi connectivity index (χ3v) is 4.81. The minimum Gasteiger partial charge on any atom is -0.489 e. The van der Waals surface area contributed by atoms with Crippen LogP contribution in [0.4, 0.5) is 0 Å². The normalized spacial score (nSPS) is 23.8. The van der Waals surface area contributed by atoms with E-state index in [-0.39, 0.29) is 31.0 Å². The van der Waals surface area contributed by atoms with Crippen molar-refractivity contribution >= 4 is 0 Å². The SMILES string of the molecule is OC[C@@H]1CNC[C@H](CO)C1c1ccc(OCc2ccccc2)cc1. The molecule has 0 amide bonds. The molecule has 0 aliphatic carbocycles. The zero-order valence-corrected chi connectivity index (χ0v) is 13.8. The second-order valence-corrected chi connectivity index (χ2v) is 6.41. The van der Waals surface area contributed by atoms with Crippen molar-refractivity contribution in [3.8, 4) is 5.75 Å². The van der Waals surface area contributed by atoms with Gasteiger partial charge in [-0.1, -0.05) is 42.5 Å². The Hall–Kier alpha value is -1.88. The largest absolute Gasteiger partial charge is 0.489 e. The van der Waals surface area contributed by atoms with Gasteiger partial charge in [-0.3, -0.25) is 0 Å². The van der Waals surface area contributed by atoms with Crippen LogP contribution >= 0.6 is 0 Å². The van der Waals surface area contributed by atoms with Crippen molar-refractivity contribution in [2.24, 2.45) is 11.8 Å². The van der Waals surface area contributed by atoms with E-state index in [1.165, 1.54) is 0 Å². The number of aliphatic hydroxyl groups is 2. The summed E-state index contributed by atoms with van der Waals surface area (Å²) in [4.78, 5) is 0. The molecule has 3 atom stereocenters. The molecule has 1 fully saturated rings. The molecule has 2 aromatic rings. The Bertz CT molecular complexity index is 603. The van der Waals surface area contributed by atoms with Gasteiger partial charge in [0.15, 0.2) is 0 Å². The summed E-state index contributed by atoms with van der Waals surface area (Å²) in [7, 11) is 0. The Kier molecular flexibility index (Phi) is 5.86. The van der Waals surface area contributed by atoms with E-state index in [0.29, 0.717) is 6.61 Å². The lowest BCUT2D eigenvalue weighted by Gasteiger charge is -2.37. The fourth-order valence-electron chi connectivity index (χ4n) is 3.52. The topological polar surface area (TPSA) is 61.7 Å². The lowest BCUT2D eigenvalue weighted by Crippen LogP contribution is -2.45. The maximum absolute atomic E-state index is 9.65. The molecule has 2 aromatic carbocycles. The summed E-state index contributed by atoms with van der Waals surface area (Å²) in [6.45, 7) is 2.36.